The standard InChI is InChI=1S/C17H19BrN2O4/c1-12-4-5-13(15(18)9-12)10-20(11-14-3-2-8-24-14)17(23)19-7-6-16(21)22/h2-5,8-9H,6-7,10-11H2,1H3,(H,19,23)(H,21,22). The Bertz CT molecular complexity index is 701. The van der Waals surface area contributed by atoms with Gasteiger partial charge in [0.25, 0.3) is 0 Å². The molecule has 0 spiro atoms. The molecular weight excluding hydrogens is 376 g/mol. The lowest BCUT2D eigenvalue weighted by molar-refractivity contribution is -0.136. The largest absolute Gasteiger partial charge is 0.481 e. The number of aliphatic carboxylic acids is 1. The van der Waals surface area contributed by atoms with Gasteiger partial charge in [0, 0.05) is 17.6 Å². The minimum atomic E-state index is -0.950. The van der Waals surface area contributed by atoms with Crippen LogP contribution in [0.5, 0.6) is 0 Å². The van der Waals surface area contributed by atoms with Crippen LogP contribution in [0.1, 0.15) is 23.3 Å². The quantitative estimate of drug-likeness (QED) is 0.752. The first-order valence-corrected chi connectivity index (χ1v) is 8.27. The molecule has 0 saturated carbocycles. The van der Waals surface area contributed by atoms with Crippen LogP contribution < -0.4 is 5.32 Å². The van der Waals surface area contributed by atoms with E-state index in [4.69, 9.17) is 9.52 Å². The molecule has 6 nitrogen and oxygen atoms in total. The number of carboxylic acids is 1. The Morgan fingerprint density at radius 1 is 1.29 bits per heavy atom. The zero-order valence-electron chi connectivity index (χ0n) is 13.3. The highest BCUT2D eigenvalue weighted by atomic mass is 79.9. The van der Waals surface area contributed by atoms with Crippen LogP contribution >= 0.6 is 15.9 Å². The summed E-state index contributed by atoms with van der Waals surface area (Å²) < 4.78 is 6.24. The Balaban J connectivity index is 2.09. The van der Waals surface area contributed by atoms with Crippen LogP contribution in [0.3, 0.4) is 0 Å². The number of amides is 2. The maximum atomic E-state index is 12.4. The van der Waals surface area contributed by atoms with Crippen LogP contribution in [0.2, 0.25) is 0 Å². The van der Waals surface area contributed by atoms with Crippen molar-refractivity contribution in [3.8, 4) is 0 Å². The zero-order chi connectivity index (χ0) is 17.5. The number of furan rings is 1. The van der Waals surface area contributed by atoms with Crippen LogP contribution in [0.15, 0.2) is 45.5 Å². The molecule has 1 aromatic heterocycles. The molecule has 0 aliphatic rings. The van der Waals surface area contributed by atoms with Gasteiger partial charge in [-0.05, 0) is 36.2 Å². The molecule has 0 radical (unpaired) electrons. The number of hydrogen-bond donors (Lipinski definition) is 2. The van der Waals surface area contributed by atoms with Gasteiger partial charge in [0.1, 0.15) is 5.76 Å². The van der Waals surface area contributed by atoms with E-state index in [0.717, 1.165) is 15.6 Å². The van der Waals surface area contributed by atoms with Crippen LogP contribution in [-0.4, -0.2) is 28.6 Å². The molecule has 0 atom stereocenters. The van der Waals surface area contributed by atoms with E-state index in [1.165, 1.54) is 0 Å². The summed E-state index contributed by atoms with van der Waals surface area (Å²) >= 11 is 3.51. The molecule has 1 heterocycles. The number of nitrogens with one attached hydrogen (secondary N) is 1. The third kappa shape index (κ3) is 5.42. The third-order valence-electron chi connectivity index (χ3n) is 3.40. The van der Waals surface area contributed by atoms with Crippen LogP contribution in [-0.2, 0) is 17.9 Å². The molecule has 24 heavy (non-hydrogen) atoms. The van der Waals surface area contributed by atoms with Gasteiger partial charge in [0.15, 0.2) is 0 Å². The molecule has 0 aliphatic heterocycles. The second-order valence-corrected chi connectivity index (χ2v) is 6.26. The van der Waals surface area contributed by atoms with Gasteiger partial charge in [-0.1, -0.05) is 28.1 Å². The molecule has 7 heteroatoms. The highest BCUT2D eigenvalue weighted by Gasteiger charge is 2.17. The first-order chi connectivity index (χ1) is 11.5. The highest BCUT2D eigenvalue weighted by Crippen LogP contribution is 2.21. The fourth-order valence-electron chi connectivity index (χ4n) is 2.16. The minimum Gasteiger partial charge on any atom is -0.481 e. The molecular formula is C17H19BrN2O4. The average Bonchev–Trinajstić information content (AvgIpc) is 3.01. The Morgan fingerprint density at radius 2 is 2.08 bits per heavy atom. The fraction of sp³-hybridized carbons (Fsp3) is 0.294. The van der Waals surface area contributed by atoms with Gasteiger partial charge in [-0.2, -0.15) is 0 Å². The lowest BCUT2D eigenvalue weighted by Crippen LogP contribution is -2.40. The number of carboxylic acid groups (broad SMARTS) is 1. The summed E-state index contributed by atoms with van der Waals surface area (Å²) in [6.07, 6.45) is 1.44. The normalized spacial score (nSPS) is 10.4. The molecule has 2 rings (SSSR count). The van der Waals surface area contributed by atoms with Crippen LogP contribution in [0, 0.1) is 6.92 Å². The molecule has 2 N–H and O–H groups in total. The summed E-state index contributed by atoms with van der Waals surface area (Å²) in [5.41, 5.74) is 2.08. The van der Waals surface area contributed by atoms with E-state index in [-0.39, 0.29) is 19.0 Å². The fourth-order valence-corrected chi connectivity index (χ4v) is 2.78. The molecule has 2 amide bonds. The maximum absolute atomic E-state index is 12.4. The number of halogens is 1. The van der Waals surface area contributed by atoms with Crippen molar-refractivity contribution >= 4 is 27.9 Å². The Kier molecular flexibility index (Phi) is 6.43. The van der Waals surface area contributed by atoms with E-state index >= 15 is 0 Å². The van der Waals surface area contributed by atoms with Crippen molar-refractivity contribution in [2.75, 3.05) is 6.54 Å². The van der Waals surface area contributed by atoms with Gasteiger partial charge >= 0.3 is 12.0 Å². The highest BCUT2D eigenvalue weighted by molar-refractivity contribution is 9.10. The minimum absolute atomic E-state index is 0.0812. The van der Waals surface area contributed by atoms with Gasteiger partial charge in [-0.25, -0.2) is 4.79 Å². The summed E-state index contributed by atoms with van der Waals surface area (Å²) in [6.45, 7) is 2.75. The number of hydrogen-bond acceptors (Lipinski definition) is 3. The van der Waals surface area contributed by atoms with Crippen LogP contribution in [0.4, 0.5) is 4.79 Å². The number of nitrogens with zero attached hydrogens (tertiary/aromatic N) is 1. The molecule has 2 aromatic rings. The average molecular weight is 395 g/mol. The maximum Gasteiger partial charge on any atom is 0.318 e. The van der Waals surface area contributed by atoms with Gasteiger partial charge in [0.05, 0.1) is 19.2 Å². The smallest absolute Gasteiger partial charge is 0.318 e. The summed E-state index contributed by atoms with van der Waals surface area (Å²) in [4.78, 5) is 24.6. The number of carbonyl (C=O) groups excluding carboxylic acids is 1. The van der Waals surface area contributed by atoms with E-state index in [0.29, 0.717) is 18.8 Å². The van der Waals surface area contributed by atoms with Crippen molar-refractivity contribution in [1.82, 2.24) is 10.2 Å². The molecule has 0 unspecified atom stereocenters. The number of urea groups is 1. The van der Waals surface area contributed by atoms with Gasteiger partial charge in [0.2, 0.25) is 0 Å². The van der Waals surface area contributed by atoms with Crippen molar-refractivity contribution in [2.45, 2.75) is 26.4 Å². The predicted molar refractivity (Wildman–Crippen MR) is 92.5 cm³/mol. The van der Waals surface area contributed by atoms with E-state index in [1.807, 2.05) is 25.1 Å². The van der Waals surface area contributed by atoms with Gasteiger partial charge in [-0.3, -0.25) is 4.79 Å². The van der Waals surface area contributed by atoms with E-state index < -0.39 is 5.97 Å². The molecule has 0 aliphatic carbocycles. The van der Waals surface area contributed by atoms with E-state index in [1.54, 1.807) is 23.3 Å². The van der Waals surface area contributed by atoms with Crippen molar-refractivity contribution in [3.05, 3.63) is 58.0 Å². The van der Waals surface area contributed by atoms with E-state index in [2.05, 4.69) is 21.2 Å². The lowest BCUT2D eigenvalue weighted by atomic mass is 10.1. The second kappa shape index (κ2) is 8.54. The molecule has 0 bridgehead atoms. The summed E-state index contributed by atoms with van der Waals surface area (Å²) in [5.74, 6) is -0.291. The zero-order valence-corrected chi connectivity index (χ0v) is 14.9. The second-order valence-electron chi connectivity index (χ2n) is 5.41. The first-order valence-electron chi connectivity index (χ1n) is 7.47. The number of rotatable bonds is 7. The van der Waals surface area contributed by atoms with Crippen LogP contribution in [0.25, 0.3) is 0 Å². The molecule has 0 fully saturated rings. The van der Waals surface area contributed by atoms with Crippen molar-refractivity contribution < 1.29 is 19.1 Å². The third-order valence-corrected chi connectivity index (χ3v) is 4.14. The molecule has 128 valence electrons. The summed E-state index contributed by atoms with van der Waals surface area (Å²) in [5, 5.41) is 11.3. The van der Waals surface area contributed by atoms with Crippen molar-refractivity contribution in [2.24, 2.45) is 0 Å². The topological polar surface area (TPSA) is 82.8 Å². The number of aryl methyl sites for hydroxylation is 1. The summed E-state index contributed by atoms with van der Waals surface area (Å²) in [6, 6.07) is 9.15. The SMILES string of the molecule is Cc1ccc(CN(Cc2ccco2)C(=O)NCCC(=O)O)c(Br)c1. The number of carbonyl (C=O) groups is 2. The predicted octanol–water partition coefficient (Wildman–Crippen LogP) is 3.54. The van der Waals surface area contributed by atoms with E-state index in [9.17, 15) is 9.59 Å². The summed E-state index contributed by atoms with van der Waals surface area (Å²) in [7, 11) is 0. The Morgan fingerprint density at radius 3 is 2.71 bits per heavy atom. The number of benzene rings is 1. The molecule has 1 aromatic carbocycles. The monoisotopic (exact) mass is 394 g/mol. The van der Waals surface area contributed by atoms with Gasteiger partial charge in [-0.15, -0.1) is 0 Å². The lowest BCUT2D eigenvalue weighted by Gasteiger charge is -2.23. The Labute approximate surface area is 148 Å². The van der Waals surface area contributed by atoms with Gasteiger partial charge < -0.3 is 19.7 Å². The first kappa shape index (κ1) is 18.1. The van der Waals surface area contributed by atoms with Crippen molar-refractivity contribution in [3.63, 3.8) is 0 Å². The van der Waals surface area contributed by atoms with Crippen molar-refractivity contribution in [1.29, 1.82) is 0 Å². The molecule has 0 saturated heterocycles. The Hall–Kier alpha value is -2.28.